The predicted molar refractivity (Wildman–Crippen MR) is 97.3 cm³/mol. The zero-order valence-corrected chi connectivity index (χ0v) is 14.0. The average molecular weight is 339 g/mol. The second-order valence-corrected chi connectivity index (χ2v) is 6.09. The monoisotopic (exact) mass is 339 g/mol. The SMILES string of the molecule is COc1ccc(CC(=O)Nc2nc(-c3ccc(N)cc3)cs2)cc1. The van der Waals surface area contributed by atoms with Gasteiger partial charge in [-0.2, -0.15) is 0 Å². The Kier molecular flexibility index (Phi) is 4.77. The van der Waals surface area contributed by atoms with Gasteiger partial charge in [0.05, 0.1) is 19.2 Å². The molecule has 122 valence electrons. The van der Waals surface area contributed by atoms with Crippen LogP contribution in [0.4, 0.5) is 10.8 Å². The highest BCUT2D eigenvalue weighted by Gasteiger charge is 2.09. The molecule has 0 spiro atoms. The van der Waals surface area contributed by atoms with Crippen molar-refractivity contribution < 1.29 is 9.53 Å². The number of amides is 1. The van der Waals surface area contributed by atoms with Crippen molar-refractivity contribution in [3.8, 4) is 17.0 Å². The molecule has 0 unspecified atom stereocenters. The Balaban J connectivity index is 1.63. The number of anilines is 2. The Labute approximate surface area is 144 Å². The summed E-state index contributed by atoms with van der Waals surface area (Å²) >= 11 is 1.40. The lowest BCUT2D eigenvalue weighted by molar-refractivity contribution is -0.115. The summed E-state index contributed by atoms with van der Waals surface area (Å²) in [5.41, 5.74) is 9.10. The van der Waals surface area contributed by atoms with E-state index in [0.29, 0.717) is 17.2 Å². The van der Waals surface area contributed by atoms with E-state index >= 15 is 0 Å². The molecule has 0 fully saturated rings. The molecule has 0 aliphatic carbocycles. The lowest BCUT2D eigenvalue weighted by Gasteiger charge is -2.04. The third-order valence-electron chi connectivity index (χ3n) is 3.48. The first-order valence-corrected chi connectivity index (χ1v) is 8.26. The molecule has 3 aromatic rings. The number of nitrogens with two attached hydrogens (primary N) is 1. The van der Waals surface area contributed by atoms with Crippen LogP contribution >= 0.6 is 11.3 Å². The zero-order valence-electron chi connectivity index (χ0n) is 13.2. The summed E-state index contributed by atoms with van der Waals surface area (Å²) in [5, 5.41) is 5.33. The molecule has 0 atom stereocenters. The normalized spacial score (nSPS) is 10.4. The van der Waals surface area contributed by atoms with E-state index in [2.05, 4.69) is 10.3 Å². The summed E-state index contributed by atoms with van der Waals surface area (Å²) in [7, 11) is 1.61. The molecule has 3 rings (SSSR count). The van der Waals surface area contributed by atoms with E-state index in [1.165, 1.54) is 11.3 Å². The number of rotatable bonds is 5. The molecule has 1 heterocycles. The molecule has 5 nitrogen and oxygen atoms in total. The van der Waals surface area contributed by atoms with Crippen molar-refractivity contribution in [2.45, 2.75) is 6.42 Å². The molecule has 0 radical (unpaired) electrons. The van der Waals surface area contributed by atoms with Crippen molar-refractivity contribution in [2.75, 3.05) is 18.2 Å². The maximum Gasteiger partial charge on any atom is 0.230 e. The van der Waals surface area contributed by atoms with E-state index in [9.17, 15) is 4.79 Å². The second kappa shape index (κ2) is 7.14. The van der Waals surface area contributed by atoms with Gasteiger partial charge in [-0.05, 0) is 29.8 Å². The number of methoxy groups -OCH3 is 1. The molecule has 3 N–H and O–H groups in total. The van der Waals surface area contributed by atoms with Crippen LogP contribution in [0.2, 0.25) is 0 Å². The Hall–Kier alpha value is -2.86. The number of hydrogen-bond donors (Lipinski definition) is 2. The first-order valence-electron chi connectivity index (χ1n) is 7.38. The van der Waals surface area contributed by atoms with Crippen molar-refractivity contribution in [1.29, 1.82) is 0 Å². The van der Waals surface area contributed by atoms with E-state index < -0.39 is 0 Å². The quantitative estimate of drug-likeness (QED) is 0.697. The fraction of sp³-hybridized carbons (Fsp3) is 0.111. The minimum absolute atomic E-state index is 0.0987. The van der Waals surface area contributed by atoms with Crippen LogP contribution in [0.5, 0.6) is 5.75 Å². The van der Waals surface area contributed by atoms with Gasteiger partial charge in [0.15, 0.2) is 5.13 Å². The molecule has 6 heteroatoms. The molecule has 24 heavy (non-hydrogen) atoms. The molecule has 0 saturated heterocycles. The van der Waals surface area contributed by atoms with Crippen LogP contribution in [-0.4, -0.2) is 18.0 Å². The van der Waals surface area contributed by atoms with Gasteiger partial charge in [0.1, 0.15) is 5.75 Å². The first kappa shape index (κ1) is 16.0. The average Bonchev–Trinajstić information content (AvgIpc) is 3.04. The molecule has 0 bridgehead atoms. The number of nitrogens with zero attached hydrogens (tertiary/aromatic N) is 1. The number of benzene rings is 2. The van der Waals surface area contributed by atoms with Crippen LogP contribution in [0.1, 0.15) is 5.56 Å². The highest BCUT2D eigenvalue weighted by Crippen LogP contribution is 2.25. The summed E-state index contributed by atoms with van der Waals surface area (Å²) in [5.74, 6) is 0.672. The summed E-state index contributed by atoms with van der Waals surface area (Å²) in [6, 6.07) is 14.9. The highest BCUT2D eigenvalue weighted by atomic mass is 32.1. The maximum absolute atomic E-state index is 12.1. The molecule has 2 aromatic carbocycles. The van der Waals surface area contributed by atoms with Crippen molar-refractivity contribution >= 4 is 28.1 Å². The molecular weight excluding hydrogens is 322 g/mol. The number of aromatic nitrogens is 1. The van der Waals surface area contributed by atoms with Crippen molar-refractivity contribution in [3.63, 3.8) is 0 Å². The minimum Gasteiger partial charge on any atom is -0.497 e. The Morgan fingerprint density at radius 1 is 1.17 bits per heavy atom. The van der Waals surface area contributed by atoms with Crippen LogP contribution in [0.25, 0.3) is 11.3 Å². The van der Waals surface area contributed by atoms with Crippen molar-refractivity contribution in [1.82, 2.24) is 4.98 Å². The first-order chi connectivity index (χ1) is 11.6. The van der Waals surface area contributed by atoms with E-state index in [0.717, 1.165) is 22.6 Å². The van der Waals surface area contributed by atoms with Gasteiger partial charge in [0.25, 0.3) is 0 Å². The van der Waals surface area contributed by atoms with Gasteiger partial charge in [0, 0.05) is 16.6 Å². The van der Waals surface area contributed by atoms with Gasteiger partial charge in [-0.1, -0.05) is 24.3 Å². The number of nitrogens with one attached hydrogen (secondary N) is 1. The van der Waals surface area contributed by atoms with Gasteiger partial charge in [-0.25, -0.2) is 4.98 Å². The molecule has 0 aliphatic rings. The van der Waals surface area contributed by atoms with Crippen LogP contribution in [0.3, 0.4) is 0 Å². The number of hydrogen-bond acceptors (Lipinski definition) is 5. The fourth-order valence-electron chi connectivity index (χ4n) is 2.21. The lowest BCUT2D eigenvalue weighted by atomic mass is 10.1. The second-order valence-electron chi connectivity index (χ2n) is 5.23. The van der Waals surface area contributed by atoms with Crippen LogP contribution < -0.4 is 15.8 Å². The van der Waals surface area contributed by atoms with Gasteiger partial charge in [-0.3, -0.25) is 4.79 Å². The molecule has 1 amide bonds. The Bertz CT molecular complexity index is 826. The van der Waals surface area contributed by atoms with Crippen LogP contribution in [0, 0.1) is 0 Å². The largest absolute Gasteiger partial charge is 0.497 e. The standard InChI is InChI=1S/C18H17N3O2S/c1-23-15-8-2-12(3-9-15)10-17(22)21-18-20-16(11-24-18)13-4-6-14(19)7-5-13/h2-9,11H,10,19H2,1H3,(H,20,21,22). The van der Waals surface area contributed by atoms with E-state index in [-0.39, 0.29) is 5.91 Å². The van der Waals surface area contributed by atoms with E-state index in [4.69, 9.17) is 10.5 Å². The van der Waals surface area contributed by atoms with E-state index in [1.807, 2.05) is 53.9 Å². The fourth-order valence-corrected chi connectivity index (χ4v) is 2.95. The predicted octanol–water partition coefficient (Wildman–Crippen LogP) is 3.58. The highest BCUT2D eigenvalue weighted by molar-refractivity contribution is 7.14. The minimum atomic E-state index is -0.0987. The smallest absolute Gasteiger partial charge is 0.230 e. The Morgan fingerprint density at radius 2 is 1.88 bits per heavy atom. The van der Waals surface area contributed by atoms with Crippen molar-refractivity contribution in [3.05, 3.63) is 59.5 Å². The van der Waals surface area contributed by atoms with Gasteiger partial charge in [0.2, 0.25) is 5.91 Å². The number of ether oxygens (including phenoxy) is 1. The molecular formula is C18H17N3O2S. The van der Waals surface area contributed by atoms with Gasteiger partial charge >= 0.3 is 0 Å². The summed E-state index contributed by atoms with van der Waals surface area (Å²) in [4.78, 5) is 16.6. The number of carbonyl (C=O) groups excluding carboxylic acids is 1. The molecule has 0 saturated carbocycles. The third kappa shape index (κ3) is 3.91. The summed E-state index contributed by atoms with van der Waals surface area (Å²) in [6.45, 7) is 0. The number of nitrogen functional groups attached to an aromatic ring is 1. The third-order valence-corrected chi connectivity index (χ3v) is 4.24. The maximum atomic E-state index is 12.1. The Morgan fingerprint density at radius 3 is 2.54 bits per heavy atom. The molecule has 1 aromatic heterocycles. The lowest BCUT2D eigenvalue weighted by Crippen LogP contribution is -2.14. The van der Waals surface area contributed by atoms with Crippen LogP contribution in [0.15, 0.2) is 53.9 Å². The molecule has 0 aliphatic heterocycles. The van der Waals surface area contributed by atoms with Gasteiger partial charge in [-0.15, -0.1) is 11.3 Å². The van der Waals surface area contributed by atoms with Crippen molar-refractivity contribution in [2.24, 2.45) is 0 Å². The van der Waals surface area contributed by atoms with Crippen LogP contribution in [-0.2, 0) is 11.2 Å². The summed E-state index contributed by atoms with van der Waals surface area (Å²) in [6.07, 6.45) is 0.292. The van der Waals surface area contributed by atoms with Gasteiger partial charge < -0.3 is 15.8 Å². The number of carbonyl (C=O) groups is 1. The zero-order chi connectivity index (χ0) is 16.9. The number of thiazole rings is 1. The summed E-state index contributed by atoms with van der Waals surface area (Å²) < 4.78 is 5.11. The van der Waals surface area contributed by atoms with E-state index in [1.54, 1.807) is 7.11 Å². The topological polar surface area (TPSA) is 77.2 Å².